The van der Waals surface area contributed by atoms with Gasteiger partial charge in [-0.2, -0.15) is 0 Å². The lowest BCUT2D eigenvalue weighted by molar-refractivity contribution is -0.643. The average molecular weight is 434 g/mol. The number of hydrogen-bond acceptors (Lipinski definition) is 0. The van der Waals surface area contributed by atoms with Crippen LogP contribution >= 0.6 is 0 Å². The van der Waals surface area contributed by atoms with Gasteiger partial charge in [-0.1, -0.05) is 65.0 Å². The SMILES string of the molecule is Cc1ccc2c3ccc(CC(C)(C)C)cc3n3c4cc(C(C)C)cc5cc[n+](C)c(c1c23)c54. The third-order valence-electron chi connectivity index (χ3n) is 7.32. The second-order valence-electron chi connectivity index (χ2n) is 11.5. The Labute approximate surface area is 195 Å². The second kappa shape index (κ2) is 6.70. The molecular weight excluding hydrogens is 400 g/mol. The molecular formula is C31H33N2+. The molecule has 3 aromatic heterocycles. The number of pyridine rings is 2. The molecule has 0 aliphatic heterocycles. The van der Waals surface area contributed by atoms with E-state index in [0.717, 1.165) is 6.42 Å². The lowest BCUT2D eigenvalue weighted by Crippen LogP contribution is -2.29. The van der Waals surface area contributed by atoms with Crippen molar-refractivity contribution in [1.29, 1.82) is 0 Å². The first-order chi connectivity index (χ1) is 15.6. The Morgan fingerprint density at radius 3 is 2.36 bits per heavy atom. The molecule has 0 amide bonds. The molecule has 0 aliphatic rings. The Hall–Kier alpha value is -3.13. The second-order valence-corrected chi connectivity index (χ2v) is 11.5. The Balaban J connectivity index is 1.93. The molecule has 0 atom stereocenters. The van der Waals surface area contributed by atoms with E-state index in [0.29, 0.717) is 5.92 Å². The molecule has 6 rings (SSSR count). The summed E-state index contributed by atoms with van der Waals surface area (Å²) < 4.78 is 4.88. The van der Waals surface area contributed by atoms with E-state index in [1.54, 1.807) is 0 Å². The van der Waals surface area contributed by atoms with Crippen LogP contribution in [0.4, 0.5) is 0 Å². The Morgan fingerprint density at radius 1 is 0.879 bits per heavy atom. The Kier molecular flexibility index (Phi) is 4.15. The zero-order valence-corrected chi connectivity index (χ0v) is 20.9. The summed E-state index contributed by atoms with van der Waals surface area (Å²) in [4.78, 5) is 0. The summed E-state index contributed by atoms with van der Waals surface area (Å²) in [6.45, 7) is 13.8. The van der Waals surface area contributed by atoms with Gasteiger partial charge in [0.05, 0.1) is 27.3 Å². The van der Waals surface area contributed by atoms with Crippen LogP contribution in [0.3, 0.4) is 0 Å². The van der Waals surface area contributed by atoms with Crippen molar-refractivity contribution in [2.45, 2.75) is 53.9 Å². The normalized spacial score (nSPS) is 13.1. The molecule has 2 heteroatoms. The lowest BCUT2D eigenvalue weighted by atomic mass is 9.88. The molecule has 0 saturated carbocycles. The van der Waals surface area contributed by atoms with E-state index >= 15 is 0 Å². The van der Waals surface area contributed by atoms with Crippen LogP contribution in [-0.4, -0.2) is 4.40 Å². The van der Waals surface area contributed by atoms with Crippen molar-refractivity contribution in [3.05, 3.63) is 71.4 Å². The van der Waals surface area contributed by atoms with Gasteiger partial charge < -0.3 is 4.40 Å². The number of fused-ring (bicyclic) bond motifs is 5. The molecule has 0 N–H and O–H groups in total. The van der Waals surface area contributed by atoms with Gasteiger partial charge in [-0.15, -0.1) is 0 Å². The van der Waals surface area contributed by atoms with Gasteiger partial charge >= 0.3 is 0 Å². The summed E-state index contributed by atoms with van der Waals surface area (Å²) in [6, 6.07) is 18.9. The van der Waals surface area contributed by atoms with Crippen LogP contribution in [0.5, 0.6) is 0 Å². The maximum absolute atomic E-state index is 2.57. The summed E-state index contributed by atoms with van der Waals surface area (Å²) in [5, 5.41) is 6.78. The average Bonchev–Trinajstić information content (AvgIpc) is 3.06. The van der Waals surface area contributed by atoms with Crippen molar-refractivity contribution in [3.8, 4) is 0 Å². The molecule has 0 unspecified atom stereocenters. The molecule has 2 nitrogen and oxygen atoms in total. The van der Waals surface area contributed by atoms with Gasteiger partial charge in [0.2, 0.25) is 5.52 Å². The van der Waals surface area contributed by atoms with Gasteiger partial charge in [0.25, 0.3) is 0 Å². The van der Waals surface area contributed by atoms with E-state index in [-0.39, 0.29) is 5.41 Å². The van der Waals surface area contributed by atoms with Crippen molar-refractivity contribution in [2.75, 3.05) is 0 Å². The number of rotatable bonds is 2. The van der Waals surface area contributed by atoms with Crippen molar-refractivity contribution in [1.82, 2.24) is 4.40 Å². The van der Waals surface area contributed by atoms with Crippen LogP contribution in [0.2, 0.25) is 0 Å². The fourth-order valence-electron chi connectivity index (χ4n) is 5.84. The van der Waals surface area contributed by atoms with Gasteiger partial charge in [-0.25, -0.2) is 4.57 Å². The summed E-state index contributed by atoms with van der Waals surface area (Å²) in [5.74, 6) is 0.482. The molecule has 6 aromatic rings. The molecule has 0 fully saturated rings. The monoisotopic (exact) mass is 433 g/mol. The van der Waals surface area contributed by atoms with Crippen LogP contribution in [0, 0.1) is 12.3 Å². The van der Waals surface area contributed by atoms with Crippen LogP contribution in [0.1, 0.15) is 57.2 Å². The highest BCUT2D eigenvalue weighted by molar-refractivity contribution is 6.25. The number of aromatic nitrogens is 2. The van der Waals surface area contributed by atoms with Gasteiger partial charge in [-0.05, 0) is 58.9 Å². The van der Waals surface area contributed by atoms with Crippen molar-refractivity contribution in [3.63, 3.8) is 0 Å². The van der Waals surface area contributed by atoms with E-state index < -0.39 is 0 Å². The van der Waals surface area contributed by atoms with Crippen molar-refractivity contribution >= 4 is 49.0 Å². The smallest absolute Gasteiger partial charge is 0.224 e. The van der Waals surface area contributed by atoms with Gasteiger partial charge in [0.1, 0.15) is 7.05 Å². The maximum Gasteiger partial charge on any atom is 0.224 e. The van der Waals surface area contributed by atoms with Gasteiger partial charge in [-0.3, -0.25) is 0 Å². The zero-order valence-electron chi connectivity index (χ0n) is 20.9. The maximum atomic E-state index is 2.57. The highest BCUT2D eigenvalue weighted by atomic mass is 15.0. The van der Waals surface area contributed by atoms with E-state index in [1.165, 1.54) is 65.7 Å². The molecule has 3 heterocycles. The predicted molar refractivity (Wildman–Crippen MR) is 142 cm³/mol. The first-order valence-corrected chi connectivity index (χ1v) is 12.2. The molecule has 0 spiro atoms. The predicted octanol–water partition coefficient (Wildman–Crippen LogP) is 7.83. The molecule has 33 heavy (non-hydrogen) atoms. The fourth-order valence-corrected chi connectivity index (χ4v) is 5.84. The standard InChI is InChI=1S/C31H33N2/c1-18(2)22-15-21-12-13-32(7)30-27-19(3)8-10-24-23-11-9-20(17-31(4,5)6)14-25(23)33(29(24)27)26(16-22)28(21)30/h8-16,18H,17H2,1-7H3/q+1. The summed E-state index contributed by atoms with van der Waals surface area (Å²) in [5.41, 5.74) is 9.76. The van der Waals surface area contributed by atoms with Crippen LogP contribution in [0.15, 0.2) is 54.7 Å². The van der Waals surface area contributed by atoms with Gasteiger partial charge in [0, 0.05) is 16.8 Å². The first-order valence-electron chi connectivity index (χ1n) is 12.2. The van der Waals surface area contributed by atoms with E-state index in [2.05, 4.69) is 112 Å². The number of benzene rings is 3. The number of aryl methyl sites for hydroxylation is 2. The van der Waals surface area contributed by atoms with E-state index in [4.69, 9.17) is 0 Å². The molecule has 0 saturated heterocycles. The zero-order chi connectivity index (χ0) is 23.2. The van der Waals surface area contributed by atoms with Gasteiger partial charge in [0.15, 0.2) is 6.20 Å². The quantitative estimate of drug-likeness (QED) is 0.149. The Bertz CT molecular complexity index is 1710. The number of nitrogens with zero attached hydrogens (tertiary/aromatic N) is 2. The van der Waals surface area contributed by atoms with Crippen molar-refractivity contribution < 1.29 is 4.57 Å². The first kappa shape index (κ1) is 20.5. The summed E-state index contributed by atoms with van der Waals surface area (Å²) in [7, 11) is 2.19. The Morgan fingerprint density at radius 2 is 1.64 bits per heavy atom. The molecule has 3 aromatic carbocycles. The molecule has 0 aliphatic carbocycles. The minimum absolute atomic E-state index is 0.258. The summed E-state index contributed by atoms with van der Waals surface area (Å²) >= 11 is 0. The van der Waals surface area contributed by atoms with Crippen LogP contribution in [-0.2, 0) is 13.5 Å². The molecule has 0 bridgehead atoms. The minimum Gasteiger partial charge on any atom is -0.307 e. The highest BCUT2D eigenvalue weighted by Crippen LogP contribution is 2.42. The lowest BCUT2D eigenvalue weighted by Gasteiger charge is -2.18. The van der Waals surface area contributed by atoms with Crippen LogP contribution in [0.25, 0.3) is 49.0 Å². The fraction of sp³-hybridized carbons (Fsp3) is 0.323. The van der Waals surface area contributed by atoms with Crippen molar-refractivity contribution in [2.24, 2.45) is 12.5 Å². The molecule has 166 valence electrons. The highest BCUT2D eigenvalue weighted by Gasteiger charge is 2.24. The van der Waals surface area contributed by atoms with E-state index in [9.17, 15) is 0 Å². The van der Waals surface area contributed by atoms with Crippen LogP contribution < -0.4 is 4.57 Å². The summed E-state index contributed by atoms with van der Waals surface area (Å²) in [6.07, 6.45) is 3.30. The third kappa shape index (κ3) is 2.89. The topological polar surface area (TPSA) is 8.29 Å². The molecule has 0 radical (unpaired) electrons. The largest absolute Gasteiger partial charge is 0.307 e. The number of hydrogen-bond donors (Lipinski definition) is 0. The third-order valence-corrected chi connectivity index (χ3v) is 7.32. The minimum atomic E-state index is 0.258. The van der Waals surface area contributed by atoms with E-state index in [1.807, 2.05) is 0 Å².